The highest BCUT2D eigenvalue weighted by Crippen LogP contribution is 2.23. The normalized spacial score (nSPS) is 10.0. The van der Waals surface area contributed by atoms with Crippen LogP contribution in [0.25, 0.3) is 0 Å². The van der Waals surface area contributed by atoms with Crippen molar-refractivity contribution < 1.29 is 14.5 Å². The van der Waals surface area contributed by atoms with Crippen molar-refractivity contribution in [2.45, 2.75) is 6.54 Å². The fraction of sp³-hybridized carbons (Fsp3) is 0.154. The molecule has 1 aromatic heterocycles. The van der Waals surface area contributed by atoms with E-state index in [0.717, 1.165) is 7.11 Å². The standard InChI is InChI=1S/C13H13N5O4/c1-22-13(19)9-6-8(2-3-10(9)18(20)21)16-7-12-15-5-4-11(14)17-12/h2-6,16H,7H2,1H3,(H2,14,15,17). The molecule has 22 heavy (non-hydrogen) atoms. The van der Waals surface area contributed by atoms with E-state index in [2.05, 4.69) is 20.0 Å². The zero-order chi connectivity index (χ0) is 16.1. The third-order valence-electron chi connectivity index (χ3n) is 2.78. The number of esters is 1. The smallest absolute Gasteiger partial charge is 0.344 e. The van der Waals surface area contributed by atoms with E-state index in [1.165, 1.54) is 24.4 Å². The molecule has 0 aliphatic carbocycles. The number of nitrogens with zero attached hydrogens (tertiary/aromatic N) is 3. The largest absolute Gasteiger partial charge is 0.465 e. The lowest BCUT2D eigenvalue weighted by molar-refractivity contribution is -0.385. The first kappa shape index (κ1) is 15.2. The van der Waals surface area contributed by atoms with Gasteiger partial charge in [-0.05, 0) is 18.2 Å². The Morgan fingerprint density at radius 3 is 2.86 bits per heavy atom. The Bertz CT molecular complexity index is 719. The molecule has 3 N–H and O–H groups in total. The van der Waals surface area contributed by atoms with Gasteiger partial charge in [-0.1, -0.05) is 0 Å². The first-order valence-corrected chi connectivity index (χ1v) is 6.19. The summed E-state index contributed by atoms with van der Waals surface area (Å²) in [5, 5.41) is 13.9. The maximum Gasteiger partial charge on any atom is 0.344 e. The summed E-state index contributed by atoms with van der Waals surface area (Å²) in [6, 6.07) is 5.62. The highest BCUT2D eigenvalue weighted by atomic mass is 16.6. The molecule has 0 aliphatic rings. The second-order valence-electron chi connectivity index (χ2n) is 4.23. The molecule has 2 aromatic rings. The molecule has 0 saturated carbocycles. The Morgan fingerprint density at radius 2 is 2.23 bits per heavy atom. The van der Waals surface area contributed by atoms with Gasteiger partial charge in [0.1, 0.15) is 17.2 Å². The number of methoxy groups -OCH3 is 1. The van der Waals surface area contributed by atoms with Crippen LogP contribution in [0.1, 0.15) is 16.2 Å². The number of ether oxygens (including phenoxy) is 1. The number of nitrogen functional groups attached to an aromatic ring is 1. The number of carbonyl (C=O) groups excluding carboxylic acids is 1. The van der Waals surface area contributed by atoms with Gasteiger partial charge in [-0.15, -0.1) is 0 Å². The summed E-state index contributed by atoms with van der Waals surface area (Å²) in [5.74, 6) is 0.0132. The van der Waals surface area contributed by atoms with Gasteiger partial charge < -0.3 is 15.8 Å². The van der Waals surface area contributed by atoms with E-state index in [9.17, 15) is 14.9 Å². The van der Waals surface area contributed by atoms with Crippen LogP contribution in [0.4, 0.5) is 17.2 Å². The predicted octanol–water partition coefficient (Wildman–Crippen LogP) is 1.37. The summed E-state index contributed by atoms with van der Waals surface area (Å²) in [5.41, 5.74) is 5.59. The Labute approximate surface area is 125 Å². The first-order chi connectivity index (χ1) is 10.5. The van der Waals surface area contributed by atoms with Crippen molar-refractivity contribution >= 4 is 23.2 Å². The predicted molar refractivity (Wildman–Crippen MR) is 78.2 cm³/mol. The highest BCUT2D eigenvalue weighted by molar-refractivity contribution is 5.95. The number of aromatic nitrogens is 2. The van der Waals surface area contributed by atoms with Crippen LogP contribution in [0.2, 0.25) is 0 Å². The van der Waals surface area contributed by atoms with Crippen molar-refractivity contribution in [1.82, 2.24) is 9.97 Å². The SMILES string of the molecule is COC(=O)c1cc(NCc2nccc(N)n2)ccc1[N+](=O)[O-]. The summed E-state index contributed by atoms with van der Waals surface area (Å²) in [6.07, 6.45) is 1.52. The molecule has 0 amide bonds. The molecule has 1 heterocycles. The molecule has 1 aromatic carbocycles. The number of hydrogen-bond donors (Lipinski definition) is 2. The van der Waals surface area contributed by atoms with Crippen LogP contribution < -0.4 is 11.1 Å². The van der Waals surface area contributed by atoms with Gasteiger partial charge in [0, 0.05) is 18.0 Å². The average Bonchev–Trinajstić information content (AvgIpc) is 2.51. The monoisotopic (exact) mass is 303 g/mol. The van der Waals surface area contributed by atoms with E-state index in [1.807, 2.05) is 0 Å². The van der Waals surface area contributed by atoms with Crippen molar-refractivity contribution in [2.75, 3.05) is 18.2 Å². The van der Waals surface area contributed by atoms with Crippen LogP contribution in [0.15, 0.2) is 30.5 Å². The van der Waals surface area contributed by atoms with Crippen LogP contribution in [0.3, 0.4) is 0 Å². The van der Waals surface area contributed by atoms with Crippen molar-refractivity contribution in [3.05, 3.63) is 52.0 Å². The van der Waals surface area contributed by atoms with Gasteiger partial charge in [-0.25, -0.2) is 14.8 Å². The molecule has 0 bridgehead atoms. The van der Waals surface area contributed by atoms with Gasteiger partial charge in [0.25, 0.3) is 5.69 Å². The van der Waals surface area contributed by atoms with Crippen LogP contribution in [-0.2, 0) is 11.3 Å². The topological polar surface area (TPSA) is 133 Å². The molecule has 0 radical (unpaired) electrons. The molecule has 0 aliphatic heterocycles. The van der Waals surface area contributed by atoms with Gasteiger partial charge in [-0.3, -0.25) is 10.1 Å². The number of nitro groups is 1. The Morgan fingerprint density at radius 1 is 1.45 bits per heavy atom. The van der Waals surface area contributed by atoms with E-state index in [1.54, 1.807) is 6.07 Å². The number of hydrogen-bond acceptors (Lipinski definition) is 8. The fourth-order valence-corrected chi connectivity index (χ4v) is 1.76. The molecule has 114 valence electrons. The third kappa shape index (κ3) is 3.45. The van der Waals surface area contributed by atoms with E-state index < -0.39 is 10.9 Å². The summed E-state index contributed by atoms with van der Waals surface area (Å²) < 4.78 is 4.55. The number of benzene rings is 1. The molecular weight excluding hydrogens is 290 g/mol. The number of nitrogens with one attached hydrogen (secondary N) is 1. The van der Waals surface area contributed by atoms with E-state index in [4.69, 9.17) is 5.73 Å². The van der Waals surface area contributed by atoms with E-state index >= 15 is 0 Å². The number of nitrogens with two attached hydrogens (primary N) is 1. The molecule has 2 rings (SSSR count). The second-order valence-corrected chi connectivity index (χ2v) is 4.23. The minimum atomic E-state index is -0.782. The lowest BCUT2D eigenvalue weighted by atomic mass is 10.1. The minimum absolute atomic E-state index is 0.133. The van der Waals surface area contributed by atoms with Crippen LogP contribution in [0.5, 0.6) is 0 Å². The highest BCUT2D eigenvalue weighted by Gasteiger charge is 2.21. The molecule has 0 atom stereocenters. The molecule has 0 unspecified atom stereocenters. The maximum absolute atomic E-state index is 11.6. The minimum Gasteiger partial charge on any atom is -0.465 e. The summed E-state index contributed by atoms with van der Waals surface area (Å²) in [7, 11) is 1.16. The fourth-order valence-electron chi connectivity index (χ4n) is 1.76. The van der Waals surface area contributed by atoms with Gasteiger partial charge in [-0.2, -0.15) is 0 Å². The second kappa shape index (κ2) is 6.48. The Hall–Kier alpha value is -3.23. The number of nitro benzene ring substituents is 1. The van der Waals surface area contributed by atoms with Gasteiger partial charge in [0.05, 0.1) is 18.6 Å². The number of carbonyl (C=O) groups is 1. The third-order valence-corrected chi connectivity index (χ3v) is 2.78. The average molecular weight is 303 g/mol. The van der Waals surface area contributed by atoms with Gasteiger partial charge in [0.15, 0.2) is 0 Å². The summed E-state index contributed by atoms with van der Waals surface area (Å²) >= 11 is 0. The van der Waals surface area contributed by atoms with Gasteiger partial charge >= 0.3 is 5.97 Å². The molecule has 0 spiro atoms. The lowest BCUT2D eigenvalue weighted by Crippen LogP contribution is -2.09. The molecule has 9 nitrogen and oxygen atoms in total. The lowest BCUT2D eigenvalue weighted by Gasteiger charge is -2.08. The molecule has 9 heteroatoms. The Balaban J connectivity index is 2.21. The molecular formula is C13H13N5O4. The van der Waals surface area contributed by atoms with Crippen molar-refractivity contribution in [3.63, 3.8) is 0 Å². The molecule has 0 fully saturated rings. The van der Waals surface area contributed by atoms with Gasteiger partial charge in [0.2, 0.25) is 0 Å². The van der Waals surface area contributed by atoms with E-state index in [0.29, 0.717) is 17.3 Å². The van der Waals surface area contributed by atoms with Crippen molar-refractivity contribution in [2.24, 2.45) is 0 Å². The van der Waals surface area contributed by atoms with Crippen molar-refractivity contribution in [1.29, 1.82) is 0 Å². The van der Waals surface area contributed by atoms with Crippen LogP contribution in [0, 0.1) is 10.1 Å². The Kier molecular flexibility index (Phi) is 4.47. The van der Waals surface area contributed by atoms with Crippen LogP contribution >= 0.6 is 0 Å². The summed E-state index contributed by atoms with van der Waals surface area (Å²) in [4.78, 5) is 29.9. The molecule has 0 saturated heterocycles. The maximum atomic E-state index is 11.6. The summed E-state index contributed by atoms with van der Waals surface area (Å²) in [6.45, 7) is 0.253. The van der Waals surface area contributed by atoms with E-state index in [-0.39, 0.29) is 17.8 Å². The number of rotatable bonds is 5. The number of anilines is 2. The first-order valence-electron chi connectivity index (χ1n) is 6.19. The van der Waals surface area contributed by atoms with Crippen LogP contribution in [-0.4, -0.2) is 28.0 Å². The zero-order valence-electron chi connectivity index (χ0n) is 11.6. The quantitative estimate of drug-likeness (QED) is 0.480. The van der Waals surface area contributed by atoms with Crippen molar-refractivity contribution in [3.8, 4) is 0 Å². The zero-order valence-corrected chi connectivity index (χ0v) is 11.6.